The van der Waals surface area contributed by atoms with Crippen molar-refractivity contribution in [2.75, 3.05) is 6.54 Å². The lowest BCUT2D eigenvalue weighted by Gasteiger charge is -2.09. The van der Waals surface area contributed by atoms with Gasteiger partial charge in [0.1, 0.15) is 12.4 Å². The number of ether oxygens (including phenoxy) is 1. The van der Waals surface area contributed by atoms with E-state index in [2.05, 4.69) is 30.4 Å². The number of nitrogens with zero attached hydrogens (tertiary/aromatic N) is 1. The van der Waals surface area contributed by atoms with Gasteiger partial charge in [0.05, 0.1) is 11.6 Å². The van der Waals surface area contributed by atoms with E-state index >= 15 is 0 Å². The summed E-state index contributed by atoms with van der Waals surface area (Å²) < 4.78 is 5.80. The Morgan fingerprint density at radius 3 is 2.71 bits per heavy atom. The molecule has 0 unspecified atom stereocenters. The van der Waals surface area contributed by atoms with Crippen LogP contribution in [-0.2, 0) is 13.2 Å². The quantitative estimate of drug-likeness (QED) is 0.788. The Labute approximate surface area is 126 Å². The molecular weight excluding hydrogens is 260 g/mol. The molecule has 0 fully saturated rings. The Kier molecular flexibility index (Phi) is 5.81. The van der Waals surface area contributed by atoms with Crippen molar-refractivity contribution < 1.29 is 4.74 Å². The predicted molar refractivity (Wildman–Crippen MR) is 83.9 cm³/mol. The highest BCUT2D eigenvalue weighted by molar-refractivity contribution is 5.33. The zero-order chi connectivity index (χ0) is 14.9. The van der Waals surface area contributed by atoms with Crippen molar-refractivity contribution >= 4 is 0 Å². The standard InChI is InChI=1S/C18H20N2O/c1-2-9-20-13-16-6-4-8-18(11-16)21-14-17-7-3-5-15(10-17)12-19/h3-8,10-11,20H,2,9,13-14H2,1H3. The van der Waals surface area contributed by atoms with Crippen molar-refractivity contribution in [1.29, 1.82) is 5.26 Å². The van der Waals surface area contributed by atoms with Crippen LogP contribution in [0.15, 0.2) is 48.5 Å². The molecule has 0 bridgehead atoms. The van der Waals surface area contributed by atoms with Gasteiger partial charge in [-0.3, -0.25) is 0 Å². The maximum absolute atomic E-state index is 8.89. The summed E-state index contributed by atoms with van der Waals surface area (Å²) in [7, 11) is 0. The monoisotopic (exact) mass is 280 g/mol. The molecule has 0 aliphatic heterocycles. The Bertz CT molecular complexity index is 617. The Morgan fingerprint density at radius 2 is 1.90 bits per heavy atom. The van der Waals surface area contributed by atoms with Crippen LogP contribution in [-0.4, -0.2) is 6.54 Å². The first-order chi connectivity index (χ1) is 10.3. The summed E-state index contributed by atoms with van der Waals surface area (Å²) in [6, 6.07) is 17.7. The zero-order valence-electron chi connectivity index (χ0n) is 12.3. The lowest BCUT2D eigenvalue weighted by Crippen LogP contribution is -2.13. The van der Waals surface area contributed by atoms with E-state index in [9.17, 15) is 0 Å². The maximum Gasteiger partial charge on any atom is 0.120 e. The Morgan fingerprint density at radius 1 is 1.10 bits per heavy atom. The first-order valence-corrected chi connectivity index (χ1v) is 7.23. The molecule has 0 saturated heterocycles. The average molecular weight is 280 g/mol. The van der Waals surface area contributed by atoms with Crippen molar-refractivity contribution in [3.8, 4) is 11.8 Å². The molecule has 3 nitrogen and oxygen atoms in total. The summed E-state index contributed by atoms with van der Waals surface area (Å²) in [5.74, 6) is 0.855. The van der Waals surface area contributed by atoms with Crippen LogP contribution in [0.25, 0.3) is 0 Å². The van der Waals surface area contributed by atoms with Crippen molar-refractivity contribution in [1.82, 2.24) is 5.32 Å². The third kappa shape index (κ3) is 4.94. The molecule has 0 radical (unpaired) electrons. The van der Waals surface area contributed by atoms with Crippen LogP contribution in [0.2, 0.25) is 0 Å². The molecule has 0 aromatic heterocycles. The van der Waals surface area contributed by atoms with Crippen LogP contribution in [0.3, 0.4) is 0 Å². The summed E-state index contributed by atoms with van der Waals surface area (Å²) in [6.45, 7) is 4.50. The number of rotatable bonds is 7. The molecule has 2 aromatic rings. The molecule has 0 spiro atoms. The van der Waals surface area contributed by atoms with Gasteiger partial charge in [-0.1, -0.05) is 31.2 Å². The molecule has 21 heavy (non-hydrogen) atoms. The second kappa shape index (κ2) is 8.08. The smallest absolute Gasteiger partial charge is 0.120 e. The fraction of sp³-hybridized carbons (Fsp3) is 0.278. The number of nitriles is 1. The minimum absolute atomic E-state index is 0.474. The number of benzene rings is 2. The number of hydrogen-bond acceptors (Lipinski definition) is 3. The molecule has 0 amide bonds. The summed E-state index contributed by atoms with van der Waals surface area (Å²) in [5, 5.41) is 12.3. The first kappa shape index (κ1) is 15.1. The minimum atomic E-state index is 0.474. The van der Waals surface area contributed by atoms with Crippen LogP contribution in [0, 0.1) is 11.3 Å². The molecule has 2 rings (SSSR count). The molecular formula is C18H20N2O. The molecule has 108 valence electrons. The maximum atomic E-state index is 8.89. The largest absolute Gasteiger partial charge is 0.489 e. The number of hydrogen-bond donors (Lipinski definition) is 1. The molecule has 0 saturated carbocycles. The average Bonchev–Trinajstić information content (AvgIpc) is 2.54. The van der Waals surface area contributed by atoms with Gasteiger partial charge in [0.2, 0.25) is 0 Å². The van der Waals surface area contributed by atoms with Crippen LogP contribution >= 0.6 is 0 Å². The summed E-state index contributed by atoms with van der Waals surface area (Å²) in [5.41, 5.74) is 2.88. The van der Waals surface area contributed by atoms with E-state index in [0.717, 1.165) is 30.8 Å². The fourth-order valence-corrected chi connectivity index (χ4v) is 2.05. The second-order valence-corrected chi connectivity index (χ2v) is 4.93. The lowest BCUT2D eigenvalue weighted by atomic mass is 10.1. The number of nitrogens with one attached hydrogen (secondary N) is 1. The molecule has 3 heteroatoms. The predicted octanol–water partition coefficient (Wildman–Crippen LogP) is 3.64. The fourth-order valence-electron chi connectivity index (χ4n) is 2.05. The Balaban J connectivity index is 1.93. The highest BCUT2D eigenvalue weighted by Crippen LogP contribution is 2.15. The van der Waals surface area contributed by atoms with Crippen LogP contribution < -0.4 is 10.1 Å². The van der Waals surface area contributed by atoms with Crippen molar-refractivity contribution in [2.45, 2.75) is 26.5 Å². The highest BCUT2D eigenvalue weighted by atomic mass is 16.5. The highest BCUT2D eigenvalue weighted by Gasteiger charge is 1.99. The third-order valence-electron chi connectivity index (χ3n) is 3.12. The van der Waals surface area contributed by atoms with Crippen LogP contribution in [0.4, 0.5) is 0 Å². The van der Waals surface area contributed by atoms with E-state index in [-0.39, 0.29) is 0 Å². The summed E-state index contributed by atoms with van der Waals surface area (Å²) in [4.78, 5) is 0. The van der Waals surface area contributed by atoms with Crippen LogP contribution in [0.5, 0.6) is 5.75 Å². The molecule has 0 aliphatic rings. The second-order valence-electron chi connectivity index (χ2n) is 4.93. The van der Waals surface area contributed by atoms with E-state index in [1.165, 1.54) is 5.56 Å². The molecule has 1 N–H and O–H groups in total. The lowest BCUT2D eigenvalue weighted by molar-refractivity contribution is 0.306. The van der Waals surface area contributed by atoms with E-state index in [0.29, 0.717) is 12.2 Å². The molecule has 2 aromatic carbocycles. The van der Waals surface area contributed by atoms with Gasteiger partial charge in [-0.05, 0) is 48.4 Å². The van der Waals surface area contributed by atoms with Crippen molar-refractivity contribution in [3.05, 3.63) is 65.2 Å². The first-order valence-electron chi connectivity index (χ1n) is 7.23. The van der Waals surface area contributed by atoms with Gasteiger partial charge in [-0.2, -0.15) is 5.26 Å². The van der Waals surface area contributed by atoms with Gasteiger partial charge in [-0.25, -0.2) is 0 Å². The van der Waals surface area contributed by atoms with Crippen LogP contribution in [0.1, 0.15) is 30.0 Å². The summed E-state index contributed by atoms with van der Waals surface area (Å²) >= 11 is 0. The third-order valence-corrected chi connectivity index (χ3v) is 3.12. The minimum Gasteiger partial charge on any atom is -0.489 e. The normalized spacial score (nSPS) is 10.1. The van der Waals surface area contributed by atoms with Gasteiger partial charge in [0.25, 0.3) is 0 Å². The van der Waals surface area contributed by atoms with E-state index in [1.54, 1.807) is 6.07 Å². The van der Waals surface area contributed by atoms with E-state index < -0.39 is 0 Å². The Hall–Kier alpha value is -2.31. The molecule has 0 aliphatic carbocycles. The van der Waals surface area contributed by atoms with Gasteiger partial charge in [0, 0.05) is 6.54 Å². The topological polar surface area (TPSA) is 45.0 Å². The van der Waals surface area contributed by atoms with Gasteiger partial charge in [0.15, 0.2) is 0 Å². The zero-order valence-corrected chi connectivity index (χ0v) is 12.3. The summed E-state index contributed by atoms with van der Waals surface area (Å²) in [6.07, 6.45) is 1.13. The molecule has 0 heterocycles. The van der Waals surface area contributed by atoms with Gasteiger partial charge >= 0.3 is 0 Å². The van der Waals surface area contributed by atoms with E-state index in [4.69, 9.17) is 10.00 Å². The molecule has 0 atom stereocenters. The van der Waals surface area contributed by atoms with Gasteiger partial charge < -0.3 is 10.1 Å². The van der Waals surface area contributed by atoms with Crippen molar-refractivity contribution in [3.63, 3.8) is 0 Å². The van der Waals surface area contributed by atoms with Gasteiger partial charge in [-0.15, -0.1) is 0 Å². The SMILES string of the molecule is CCCNCc1cccc(OCc2cccc(C#N)c2)c1. The van der Waals surface area contributed by atoms with E-state index in [1.807, 2.05) is 30.3 Å². The van der Waals surface area contributed by atoms with Crippen molar-refractivity contribution in [2.24, 2.45) is 0 Å².